The highest BCUT2D eigenvalue weighted by molar-refractivity contribution is 8.15. The zero-order chi connectivity index (χ0) is 17.1. The van der Waals surface area contributed by atoms with Crippen LogP contribution in [0.15, 0.2) is 34.6 Å². The maximum atomic E-state index is 12.1. The summed E-state index contributed by atoms with van der Waals surface area (Å²) in [5.41, 5.74) is 1.50. The van der Waals surface area contributed by atoms with Gasteiger partial charge in [-0.2, -0.15) is 0 Å². The Labute approximate surface area is 152 Å². The van der Waals surface area contributed by atoms with Crippen molar-refractivity contribution in [2.75, 3.05) is 5.32 Å². The first-order valence-electron chi connectivity index (χ1n) is 7.24. The fourth-order valence-electron chi connectivity index (χ4n) is 2.19. The van der Waals surface area contributed by atoms with Gasteiger partial charge in [-0.25, -0.2) is 9.98 Å². The third-order valence-electron chi connectivity index (χ3n) is 3.28. The second-order valence-electron chi connectivity index (χ2n) is 5.24. The van der Waals surface area contributed by atoms with Gasteiger partial charge >= 0.3 is 0 Å². The molecule has 124 valence electrons. The van der Waals surface area contributed by atoms with Crippen molar-refractivity contribution in [3.05, 3.63) is 45.4 Å². The van der Waals surface area contributed by atoms with Crippen molar-refractivity contribution in [1.82, 2.24) is 4.98 Å². The van der Waals surface area contributed by atoms with Gasteiger partial charge in [0.2, 0.25) is 5.91 Å². The Bertz CT molecular complexity index is 819. The summed E-state index contributed by atoms with van der Waals surface area (Å²) in [6, 6.07) is 6.99. The summed E-state index contributed by atoms with van der Waals surface area (Å²) in [5.74, 6) is -0.520. The molecule has 2 heterocycles. The van der Waals surface area contributed by atoms with Crippen LogP contribution in [0.1, 0.15) is 17.1 Å². The van der Waals surface area contributed by atoms with Gasteiger partial charge in [0.25, 0.3) is 5.91 Å². The Morgan fingerprint density at radius 1 is 1.38 bits per heavy atom. The molecule has 5 nitrogen and oxygen atoms in total. The number of carbonyl (C=O) groups excluding carboxylic acids is 2. The van der Waals surface area contributed by atoms with Gasteiger partial charge in [0.05, 0.1) is 20.8 Å². The zero-order valence-corrected chi connectivity index (χ0v) is 15.2. The maximum absolute atomic E-state index is 12.1. The number of halogens is 1. The predicted molar refractivity (Wildman–Crippen MR) is 99.1 cm³/mol. The molecular weight excluding hydrogens is 366 g/mol. The monoisotopic (exact) mass is 379 g/mol. The molecular formula is C16H14ClN3O2S2. The average Bonchev–Trinajstić information content (AvgIpc) is 3.08. The van der Waals surface area contributed by atoms with Crippen molar-refractivity contribution in [3.8, 4) is 0 Å². The molecule has 8 heteroatoms. The molecule has 0 aliphatic carbocycles. The average molecular weight is 380 g/mol. The first kappa shape index (κ1) is 17.1. The molecule has 1 aliphatic rings. The molecule has 0 radical (unpaired) electrons. The van der Waals surface area contributed by atoms with E-state index in [1.54, 1.807) is 35.6 Å². The molecule has 1 atom stereocenters. The summed E-state index contributed by atoms with van der Waals surface area (Å²) in [6.07, 6.45) is 0.607. The molecule has 0 unspecified atom stereocenters. The minimum atomic E-state index is -0.483. The summed E-state index contributed by atoms with van der Waals surface area (Å²) in [6.45, 7) is 1.93. The number of carbonyl (C=O) groups is 2. The molecule has 1 N–H and O–H groups in total. The van der Waals surface area contributed by atoms with Gasteiger partial charge < -0.3 is 5.32 Å². The van der Waals surface area contributed by atoms with E-state index in [0.29, 0.717) is 22.2 Å². The number of amides is 2. The number of thioether (sulfide) groups is 1. The smallest absolute Gasteiger partial charge is 0.260 e. The Morgan fingerprint density at radius 2 is 2.17 bits per heavy atom. The lowest BCUT2D eigenvalue weighted by Gasteiger charge is -2.09. The van der Waals surface area contributed by atoms with Crippen LogP contribution in [0.4, 0.5) is 5.69 Å². The van der Waals surface area contributed by atoms with Crippen LogP contribution in [0.3, 0.4) is 0 Å². The van der Waals surface area contributed by atoms with E-state index in [1.165, 1.54) is 11.8 Å². The molecule has 1 aromatic carbocycles. The SMILES string of the molecule is Cc1csc(CC2=NC(=O)[C@H](CC(=O)Nc3ccccc3Cl)S2)n1. The lowest BCUT2D eigenvalue weighted by Crippen LogP contribution is -2.21. The quantitative estimate of drug-likeness (QED) is 0.859. The van der Waals surface area contributed by atoms with Crippen molar-refractivity contribution < 1.29 is 9.59 Å². The number of hydrogen-bond acceptors (Lipinski definition) is 5. The zero-order valence-electron chi connectivity index (χ0n) is 12.8. The number of para-hydroxylation sites is 1. The number of nitrogens with one attached hydrogen (secondary N) is 1. The Hall–Kier alpha value is -1.70. The number of hydrogen-bond donors (Lipinski definition) is 1. The van der Waals surface area contributed by atoms with Crippen LogP contribution in [0.5, 0.6) is 0 Å². The Kier molecular flexibility index (Phi) is 5.33. The molecule has 1 aliphatic heterocycles. The van der Waals surface area contributed by atoms with E-state index < -0.39 is 5.25 Å². The molecule has 0 saturated heterocycles. The number of aliphatic imine (C=N–C) groups is 1. The molecule has 1 aromatic heterocycles. The molecule has 24 heavy (non-hydrogen) atoms. The van der Waals surface area contributed by atoms with Crippen LogP contribution in [0.2, 0.25) is 5.02 Å². The van der Waals surface area contributed by atoms with Gasteiger partial charge in [-0.15, -0.1) is 11.3 Å². The van der Waals surface area contributed by atoms with E-state index in [2.05, 4.69) is 15.3 Å². The van der Waals surface area contributed by atoms with Gasteiger partial charge in [-0.1, -0.05) is 35.5 Å². The Balaban J connectivity index is 1.56. The maximum Gasteiger partial charge on any atom is 0.260 e. The van der Waals surface area contributed by atoms with Crippen LogP contribution in [-0.4, -0.2) is 27.1 Å². The second kappa shape index (κ2) is 7.46. The summed E-state index contributed by atoms with van der Waals surface area (Å²) in [5, 5.41) is 6.31. The summed E-state index contributed by atoms with van der Waals surface area (Å²) in [7, 11) is 0. The standard InChI is InChI=1S/C16H14ClN3O2S2/c1-9-8-23-14(18-9)7-15-20-16(22)12(24-15)6-13(21)19-11-5-3-2-4-10(11)17/h2-5,8,12H,6-7H2,1H3,(H,19,21)/t12-/m0/s1. The van der Waals surface area contributed by atoms with Gasteiger partial charge in [0, 0.05) is 23.9 Å². The highest BCUT2D eigenvalue weighted by Gasteiger charge is 2.30. The minimum Gasteiger partial charge on any atom is -0.325 e. The van der Waals surface area contributed by atoms with E-state index in [0.717, 1.165) is 10.7 Å². The summed E-state index contributed by atoms with van der Waals surface area (Å²) >= 11 is 8.90. The number of aromatic nitrogens is 1. The van der Waals surface area contributed by atoms with E-state index in [4.69, 9.17) is 11.6 Å². The first-order chi connectivity index (χ1) is 11.5. The van der Waals surface area contributed by atoms with Gasteiger partial charge in [-0.3, -0.25) is 9.59 Å². The van der Waals surface area contributed by atoms with E-state index in [-0.39, 0.29) is 18.2 Å². The van der Waals surface area contributed by atoms with Gasteiger partial charge in [0.15, 0.2) is 0 Å². The first-order valence-corrected chi connectivity index (χ1v) is 9.38. The van der Waals surface area contributed by atoms with Crippen molar-refractivity contribution in [3.63, 3.8) is 0 Å². The van der Waals surface area contributed by atoms with Crippen LogP contribution in [0, 0.1) is 6.92 Å². The fraction of sp³-hybridized carbons (Fsp3) is 0.250. The molecule has 3 rings (SSSR count). The van der Waals surface area contributed by atoms with Gasteiger partial charge in [0.1, 0.15) is 5.25 Å². The summed E-state index contributed by atoms with van der Waals surface area (Å²) < 4.78 is 0. The van der Waals surface area contributed by atoms with Gasteiger partial charge in [-0.05, 0) is 19.1 Å². The largest absolute Gasteiger partial charge is 0.325 e. The highest BCUT2D eigenvalue weighted by atomic mass is 35.5. The second-order valence-corrected chi connectivity index (χ2v) is 7.87. The van der Waals surface area contributed by atoms with Crippen LogP contribution < -0.4 is 5.32 Å². The minimum absolute atomic E-state index is 0.0681. The van der Waals surface area contributed by atoms with Crippen LogP contribution in [-0.2, 0) is 16.0 Å². The number of nitrogens with zero attached hydrogens (tertiary/aromatic N) is 2. The molecule has 0 saturated carbocycles. The third-order valence-corrected chi connectivity index (χ3v) is 5.73. The van der Waals surface area contributed by atoms with Crippen molar-refractivity contribution in [2.24, 2.45) is 4.99 Å². The number of benzene rings is 1. The molecule has 2 aromatic rings. The van der Waals surface area contributed by atoms with E-state index in [1.807, 2.05) is 12.3 Å². The van der Waals surface area contributed by atoms with E-state index in [9.17, 15) is 9.59 Å². The number of anilines is 1. The molecule has 0 fully saturated rings. The van der Waals surface area contributed by atoms with Crippen LogP contribution >= 0.6 is 34.7 Å². The van der Waals surface area contributed by atoms with Crippen molar-refractivity contribution >= 4 is 57.2 Å². The molecule has 2 amide bonds. The van der Waals surface area contributed by atoms with Crippen molar-refractivity contribution in [1.29, 1.82) is 0 Å². The number of rotatable bonds is 5. The van der Waals surface area contributed by atoms with E-state index >= 15 is 0 Å². The van der Waals surface area contributed by atoms with Crippen LogP contribution in [0.25, 0.3) is 0 Å². The normalized spacial score (nSPS) is 17.0. The summed E-state index contributed by atoms with van der Waals surface area (Å²) in [4.78, 5) is 32.6. The Morgan fingerprint density at radius 3 is 2.88 bits per heavy atom. The van der Waals surface area contributed by atoms with Crippen molar-refractivity contribution in [2.45, 2.75) is 25.0 Å². The molecule has 0 spiro atoms. The third kappa shape index (κ3) is 4.23. The topological polar surface area (TPSA) is 71.4 Å². The number of aryl methyl sites for hydroxylation is 1. The molecule has 0 bridgehead atoms. The lowest BCUT2D eigenvalue weighted by atomic mass is 10.2. The predicted octanol–water partition coefficient (Wildman–Crippen LogP) is 3.72. The number of thiazole rings is 1. The highest BCUT2D eigenvalue weighted by Crippen LogP contribution is 2.29. The lowest BCUT2D eigenvalue weighted by molar-refractivity contribution is -0.121. The fourth-order valence-corrected chi connectivity index (χ4v) is 4.32.